The van der Waals surface area contributed by atoms with Gasteiger partial charge in [0.25, 0.3) is 0 Å². The van der Waals surface area contributed by atoms with Crippen LogP contribution in [0.3, 0.4) is 0 Å². The number of aromatic hydroxyl groups is 1. The lowest BCUT2D eigenvalue weighted by molar-refractivity contribution is -0.148. The number of phenolic OH excluding ortho intramolecular Hbond substituents is 1. The highest BCUT2D eigenvalue weighted by Gasteiger charge is 2.38. The molecule has 18 N–H and O–H groups in total. The molecule has 0 spiro atoms. The van der Waals surface area contributed by atoms with Gasteiger partial charge in [-0.05, 0) is 155 Å². The van der Waals surface area contributed by atoms with E-state index in [1.165, 1.54) is 23.9 Å². The van der Waals surface area contributed by atoms with Crippen molar-refractivity contribution in [2.45, 2.75) is 193 Å². The Labute approximate surface area is 581 Å². The summed E-state index contributed by atoms with van der Waals surface area (Å²) >= 11 is 1.44. The van der Waals surface area contributed by atoms with Crippen LogP contribution in [0.5, 0.6) is 5.75 Å². The molecule has 0 unspecified atom stereocenters. The van der Waals surface area contributed by atoms with Crippen LogP contribution in [-0.2, 0) is 67.2 Å². The first-order valence-corrected chi connectivity index (χ1v) is 36.1. The van der Waals surface area contributed by atoms with E-state index in [4.69, 9.17) is 28.7 Å². The minimum absolute atomic E-state index is 0.0256. The fourth-order valence-electron chi connectivity index (χ4n) is 12.0. The smallest absolute Gasteiger partial charge is 0.316 e. The Balaban J connectivity index is 1.64. The van der Waals surface area contributed by atoms with E-state index in [1.807, 2.05) is 43.5 Å². The predicted molar refractivity (Wildman–Crippen MR) is 384 cm³/mol. The molecular formula is C73H110N12O12S. The first-order valence-electron chi connectivity index (χ1n) is 34.7. The van der Waals surface area contributed by atoms with Crippen molar-refractivity contribution in [3.63, 3.8) is 0 Å². The Morgan fingerprint density at radius 1 is 0.541 bits per heavy atom. The van der Waals surface area contributed by atoms with E-state index in [-0.39, 0.29) is 82.5 Å². The van der Waals surface area contributed by atoms with Crippen LogP contribution in [0.25, 0.3) is 10.9 Å². The molecule has 24 nitrogen and oxygen atoms in total. The number of aliphatic carboxylic acids is 1. The van der Waals surface area contributed by atoms with Crippen molar-refractivity contribution in [3.8, 4) is 5.75 Å². The van der Waals surface area contributed by atoms with Crippen LogP contribution in [0.15, 0.2) is 90.1 Å². The second kappa shape index (κ2) is 44.1. The maximum Gasteiger partial charge on any atom is 0.316 e. The van der Waals surface area contributed by atoms with Crippen LogP contribution in [0, 0.1) is 41.4 Å². The lowest BCUT2D eigenvalue weighted by Gasteiger charge is -2.29. The maximum absolute atomic E-state index is 15.0. The minimum atomic E-state index is -1.39. The number of nitrogens with zero attached hydrogens (tertiary/aromatic N) is 1. The highest BCUT2D eigenvalue weighted by Crippen LogP contribution is 2.27. The molecule has 540 valence electrons. The average molecular weight is 1380 g/mol. The Bertz CT molecular complexity index is 3210. The van der Waals surface area contributed by atoms with Crippen LogP contribution in [0.2, 0.25) is 0 Å². The fraction of sp³-hybridized carbons (Fsp3) is 0.575. The summed E-state index contributed by atoms with van der Waals surface area (Å²) in [5, 5.41) is 35.5. The zero-order chi connectivity index (χ0) is 72.3. The van der Waals surface area contributed by atoms with Gasteiger partial charge in [-0.25, -0.2) is 0 Å². The van der Waals surface area contributed by atoms with E-state index in [9.17, 15) is 58.2 Å². The number of para-hydroxylation sites is 1. The number of carbonyl (C=O) groups is 10. The molecule has 5 amide bonds. The molecule has 0 radical (unpaired) electrons. The third kappa shape index (κ3) is 28.8. The van der Waals surface area contributed by atoms with E-state index in [0.717, 1.165) is 29.3 Å². The van der Waals surface area contributed by atoms with Gasteiger partial charge in [-0.15, -0.1) is 0 Å². The fourth-order valence-corrected chi connectivity index (χ4v) is 12.5. The number of hydrogen-bond donors (Lipinski definition) is 13. The van der Waals surface area contributed by atoms with Gasteiger partial charge in [0.1, 0.15) is 11.7 Å². The number of nitrogens with two attached hydrogens (primary N) is 5. The largest absolute Gasteiger partial charge is 0.508 e. The van der Waals surface area contributed by atoms with Gasteiger partial charge < -0.3 is 70.4 Å². The van der Waals surface area contributed by atoms with Gasteiger partial charge >= 0.3 is 5.97 Å². The summed E-state index contributed by atoms with van der Waals surface area (Å²) in [6, 6.07) is 18.0. The number of hydrogen-bond acceptors (Lipinski definition) is 16. The third-order valence-electron chi connectivity index (χ3n) is 17.9. The second-order valence-electron chi connectivity index (χ2n) is 26.5. The number of carbonyl (C=O) groups excluding carboxylic acids is 9. The normalized spacial score (nSPS) is 14.5. The quantitative estimate of drug-likeness (QED) is 0.00769. The summed E-state index contributed by atoms with van der Waals surface area (Å²) in [7, 11) is 0. The number of thioether (sulfide) groups is 1. The molecule has 1 aromatic heterocycles. The van der Waals surface area contributed by atoms with Gasteiger partial charge in [0, 0.05) is 73.0 Å². The molecule has 0 aliphatic heterocycles. The molecule has 4 aromatic rings. The number of aromatic amines is 1. The number of rotatable bonds is 50. The number of aliphatic imine (C=N–C) groups is 1. The predicted octanol–water partition coefficient (Wildman–Crippen LogP) is 6.20. The van der Waals surface area contributed by atoms with Crippen LogP contribution < -0.4 is 55.3 Å². The number of Topliss-reactive ketones (excluding diaryl/α,β-unsaturated/α-hetero) is 4. The highest BCUT2D eigenvalue weighted by molar-refractivity contribution is 7.98. The molecular weight excluding hydrogens is 1270 g/mol. The highest BCUT2D eigenvalue weighted by atomic mass is 32.2. The number of carboxylic acids is 1. The van der Waals surface area contributed by atoms with Crippen molar-refractivity contribution in [1.29, 1.82) is 0 Å². The van der Waals surface area contributed by atoms with Crippen molar-refractivity contribution < 1.29 is 58.2 Å². The first kappa shape index (κ1) is 82.4. The number of ketones is 4. The monoisotopic (exact) mass is 1380 g/mol. The Hall–Kier alpha value is -8.00. The summed E-state index contributed by atoms with van der Waals surface area (Å²) < 4.78 is 0. The van der Waals surface area contributed by atoms with Gasteiger partial charge in [0.05, 0.1) is 30.3 Å². The number of H-pyrrole nitrogens is 1. The van der Waals surface area contributed by atoms with E-state index in [1.54, 1.807) is 70.3 Å². The molecule has 4 rings (SSSR count). The van der Waals surface area contributed by atoms with E-state index in [2.05, 4.69) is 36.6 Å². The zero-order valence-electron chi connectivity index (χ0n) is 58.2. The van der Waals surface area contributed by atoms with Crippen LogP contribution in [0.4, 0.5) is 0 Å². The number of unbranched alkanes of at least 4 members (excludes halogenated alkanes) is 4. The third-order valence-corrected chi connectivity index (χ3v) is 18.5. The van der Waals surface area contributed by atoms with E-state index >= 15 is 0 Å². The van der Waals surface area contributed by atoms with Crippen LogP contribution in [-0.4, -0.2) is 142 Å². The van der Waals surface area contributed by atoms with Gasteiger partial charge in [-0.3, -0.25) is 52.9 Å². The first-order chi connectivity index (χ1) is 46.8. The lowest BCUT2D eigenvalue weighted by Crippen LogP contribution is -2.51. The van der Waals surface area contributed by atoms with Crippen LogP contribution >= 0.6 is 11.8 Å². The molecule has 0 bridgehead atoms. The number of carboxylic acid groups (broad SMARTS) is 1. The SMILES string of the molecule is CCCCC[C@@H](C(=O)O)C(=O)N[C@H](CCCCN)C(=O)C[C@H](Cc1c[nH]c2ccccc12)C(=O)N[C@H](CCSC)C(=O)C[C@@H](C(=O)N[C@@H](C(=O)C[C@H](Cc1ccc(O)cc1)C(=O)N[C@H](Cc1ccccc1)C(=O)C[C@H](CCCN=C(N)N)C(=O)N[C@@H](N)CCCCN)C(C)C)C(C)C. The van der Waals surface area contributed by atoms with Gasteiger partial charge in [-0.2, -0.15) is 11.8 Å². The molecule has 10 atom stereocenters. The molecule has 0 saturated heterocycles. The number of amides is 5. The van der Waals surface area contributed by atoms with Crippen molar-refractivity contribution in [3.05, 3.63) is 102 Å². The molecule has 0 saturated carbocycles. The minimum Gasteiger partial charge on any atom is -0.508 e. The number of phenols is 1. The summed E-state index contributed by atoms with van der Waals surface area (Å²) in [5.74, 6) is -12.6. The summed E-state index contributed by atoms with van der Waals surface area (Å²) in [4.78, 5) is 151. The molecule has 0 aliphatic rings. The number of guanidine groups is 1. The van der Waals surface area contributed by atoms with Gasteiger partial charge in [0.15, 0.2) is 29.1 Å². The Morgan fingerprint density at radius 2 is 1.09 bits per heavy atom. The number of benzene rings is 3. The van der Waals surface area contributed by atoms with E-state index < -0.39 is 137 Å². The number of fused-ring (bicyclic) bond motifs is 1. The number of nitrogens with one attached hydrogen (secondary N) is 6. The van der Waals surface area contributed by atoms with Crippen molar-refractivity contribution in [1.82, 2.24) is 31.6 Å². The molecule has 0 aliphatic carbocycles. The van der Waals surface area contributed by atoms with Crippen molar-refractivity contribution >= 4 is 87.3 Å². The maximum atomic E-state index is 15.0. The molecule has 1 heterocycles. The van der Waals surface area contributed by atoms with Crippen molar-refractivity contribution in [2.75, 3.05) is 31.6 Å². The summed E-state index contributed by atoms with van der Waals surface area (Å²) in [6.45, 7) is 9.93. The molecule has 0 fully saturated rings. The Kier molecular flexibility index (Phi) is 37.1. The molecule has 3 aromatic carbocycles. The average Bonchev–Trinajstić information content (AvgIpc) is 1.27. The lowest BCUT2D eigenvalue weighted by atomic mass is 9.85. The van der Waals surface area contributed by atoms with E-state index in [0.29, 0.717) is 74.9 Å². The Morgan fingerprint density at radius 3 is 1.71 bits per heavy atom. The summed E-state index contributed by atoms with van der Waals surface area (Å²) in [5.41, 5.74) is 31.8. The number of aromatic nitrogens is 1. The van der Waals surface area contributed by atoms with Crippen molar-refractivity contribution in [2.24, 2.45) is 75.1 Å². The molecule has 98 heavy (non-hydrogen) atoms. The standard InChI is InChI=1S/C73H110N12O12S/c1-7-8-10-24-55(72(96)97)70(94)82-58(26-15-17-33-74)61(87)41-51(39-52-44-80-57-25-14-13-23-54(52)57)69(93)81-59(32-36-98-6)63(89)43-56(45(2)3)71(95)85-66(46(4)5)64(90)42-50(37-48-28-30-53(86)31-29-48)68(92)83-60(38-47-20-11-9-12-21-47)62(88)40-49(22-19-35-79-73(77)78)67(91)84-65(76)27-16-18-34-75/h9,11-14,20-21,23,25,28-31,44-46,49-51,55-56,58-60,65-66,80,86H,7-8,10,15-19,22,24,26-27,32-43,74-76H2,1-6H3,(H,81,93)(H,82,94)(H,83,92)(H,84,91)(H,85,95)(H,96,97)(H4,77,78,79)/t49-,50-,51-,55+,56+,58+,59+,60+,65+,66+/m0/s1. The summed E-state index contributed by atoms with van der Waals surface area (Å²) in [6.07, 6.45) is 7.28. The molecule has 25 heteroatoms. The van der Waals surface area contributed by atoms with Crippen LogP contribution in [0.1, 0.15) is 160 Å². The second-order valence-corrected chi connectivity index (χ2v) is 27.4. The topological polar surface area (TPSA) is 430 Å². The van der Waals surface area contributed by atoms with Gasteiger partial charge in [-0.1, -0.05) is 115 Å². The van der Waals surface area contributed by atoms with Gasteiger partial charge in [0.2, 0.25) is 29.5 Å². The zero-order valence-corrected chi connectivity index (χ0v) is 59.0.